The number of ketones is 1. The molecule has 5 rings (SSSR count). The van der Waals surface area contributed by atoms with E-state index in [0.717, 1.165) is 64.2 Å². The van der Waals surface area contributed by atoms with Crippen LogP contribution in [0.4, 0.5) is 0 Å². The van der Waals surface area contributed by atoms with Gasteiger partial charge in [-0.15, -0.1) is 0 Å². The number of rotatable bonds is 6. The van der Waals surface area contributed by atoms with Gasteiger partial charge in [-0.3, -0.25) is 9.59 Å². The first-order chi connectivity index (χ1) is 15.8. The lowest BCUT2D eigenvalue weighted by atomic mass is 9.47. The van der Waals surface area contributed by atoms with Crippen LogP contribution >= 0.6 is 0 Å². The molecule has 1 saturated heterocycles. The summed E-state index contributed by atoms with van der Waals surface area (Å²) in [7, 11) is 0. The lowest BCUT2D eigenvalue weighted by Crippen LogP contribution is -2.56. The molecule has 5 nitrogen and oxygen atoms in total. The van der Waals surface area contributed by atoms with Gasteiger partial charge in [0.15, 0.2) is 5.79 Å². The van der Waals surface area contributed by atoms with Gasteiger partial charge in [0.1, 0.15) is 11.9 Å². The first kappa shape index (κ1) is 23.5. The van der Waals surface area contributed by atoms with Crippen molar-refractivity contribution in [1.29, 1.82) is 0 Å². The molecular formula is C28H42O5. The summed E-state index contributed by atoms with van der Waals surface area (Å²) in [6, 6.07) is 0. The molecule has 1 spiro atoms. The van der Waals surface area contributed by atoms with Gasteiger partial charge in [-0.25, -0.2) is 0 Å². The summed E-state index contributed by atoms with van der Waals surface area (Å²) in [6.45, 7) is 8.11. The van der Waals surface area contributed by atoms with Crippen LogP contribution in [-0.2, 0) is 23.8 Å². The molecule has 5 aliphatic rings. The van der Waals surface area contributed by atoms with E-state index in [2.05, 4.69) is 26.8 Å². The second kappa shape index (κ2) is 8.78. The Morgan fingerprint density at radius 1 is 1.03 bits per heavy atom. The molecule has 0 bridgehead atoms. The minimum Gasteiger partial charge on any atom is -0.458 e. The Balaban J connectivity index is 1.44. The number of hydrogen-bond acceptors (Lipinski definition) is 5. The van der Waals surface area contributed by atoms with Crippen molar-refractivity contribution in [2.45, 2.75) is 110 Å². The second-order valence-corrected chi connectivity index (χ2v) is 11.9. The van der Waals surface area contributed by atoms with Gasteiger partial charge in [0, 0.05) is 37.0 Å². The van der Waals surface area contributed by atoms with Gasteiger partial charge in [-0.05, 0) is 55.4 Å². The van der Waals surface area contributed by atoms with Crippen molar-refractivity contribution in [2.24, 2.45) is 28.6 Å². The summed E-state index contributed by atoms with van der Waals surface area (Å²) >= 11 is 0. The molecule has 1 aliphatic heterocycles. The Morgan fingerprint density at radius 3 is 2.55 bits per heavy atom. The maximum absolute atomic E-state index is 12.9. The number of hydrogen-bond donors (Lipinski definition) is 0. The zero-order valence-corrected chi connectivity index (χ0v) is 20.8. The summed E-state index contributed by atoms with van der Waals surface area (Å²) in [5.74, 6) is 0.850. The van der Waals surface area contributed by atoms with Crippen LogP contribution in [0.1, 0.15) is 97.8 Å². The van der Waals surface area contributed by atoms with Crippen LogP contribution in [0, 0.1) is 28.6 Å². The molecule has 4 fully saturated rings. The summed E-state index contributed by atoms with van der Waals surface area (Å²) in [5.41, 5.74) is 1.18. The molecule has 0 radical (unpaired) electrons. The summed E-state index contributed by atoms with van der Waals surface area (Å²) in [5, 5.41) is 0. The smallest absolute Gasteiger partial charge is 0.306 e. The fourth-order valence-corrected chi connectivity index (χ4v) is 8.11. The summed E-state index contributed by atoms with van der Waals surface area (Å²) in [4.78, 5) is 25.8. The Kier molecular flexibility index (Phi) is 6.27. The Morgan fingerprint density at radius 2 is 1.79 bits per heavy atom. The minimum atomic E-state index is -0.487. The standard InChI is InChI=1S/C28H42O5/c1-4-5-6-7-8-24(30)33-22-17-19-18-28(31-15-16-32-28)14-13-26(19,2)21-11-12-27(3)20(25(21)22)9-10-23(27)29/h17,20-22,25H,4-16,18H2,1-3H3/t20-,21-,22-,25-,26-,27-/m0/s1. The molecule has 5 heteroatoms. The van der Waals surface area contributed by atoms with Crippen molar-refractivity contribution < 1.29 is 23.8 Å². The molecule has 6 atom stereocenters. The number of Topliss-reactive ketones (excluding diaryl/α,β-unsaturated/α-hetero) is 1. The third-order valence-corrected chi connectivity index (χ3v) is 10.1. The third-order valence-electron chi connectivity index (χ3n) is 10.1. The van der Waals surface area contributed by atoms with Gasteiger partial charge in [-0.1, -0.05) is 45.6 Å². The Labute approximate surface area is 199 Å². The highest BCUT2D eigenvalue weighted by Gasteiger charge is 2.63. The van der Waals surface area contributed by atoms with Gasteiger partial charge in [0.25, 0.3) is 0 Å². The molecule has 0 N–H and O–H groups in total. The number of unbranched alkanes of at least 4 members (excludes halogenated alkanes) is 3. The number of esters is 1. The van der Waals surface area contributed by atoms with E-state index in [1.54, 1.807) is 0 Å². The van der Waals surface area contributed by atoms with Crippen molar-refractivity contribution in [3.8, 4) is 0 Å². The predicted octanol–water partition coefficient (Wildman–Crippen LogP) is 5.75. The number of ether oxygens (including phenoxy) is 3. The lowest BCUT2D eigenvalue weighted by Gasteiger charge is -2.59. The molecule has 33 heavy (non-hydrogen) atoms. The van der Waals surface area contributed by atoms with E-state index in [9.17, 15) is 9.59 Å². The van der Waals surface area contributed by atoms with Crippen LogP contribution in [0.3, 0.4) is 0 Å². The van der Waals surface area contributed by atoms with Gasteiger partial charge < -0.3 is 14.2 Å². The number of carbonyl (C=O) groups is 2. The second-order valence-electron chi connectivity index (χ2n) is 11.9. The highest BCUT2D eigenvalue weighted by atomic mass is 16.7. The molecular weight excluding hydrogens is 416 g/mol. The Bertz CT molecular complexity index is 811. The lowest BCUT2D eigenvalue weighted by molar-refractivity contribution is -0.191. The van der Waals surface area contributed by atoms with Crippen molar-refractivity contribution >= 4 is 11.8 Å². The van der Waals surface area contributed by atoms with Crippen LogP contribution in [-0.4, -0.2) is 36.9 Å². The average Bonchev–Trinajstić information content (AvgIpc) is 3.37. The van der Waals surface area contributed by atoms with Crippen LogP contribution in [0.5, 0.6) is 0 Å². The van der Waals surface area contributed by atoms with E-state index < -0.39 is 5.79 Å². The molecule has 0 amide bonds. The zero-order chi connectivity index (χ0) is 23.3. The van der Waals surface area contributed by atoms with Crippen LogP contribution < -0.4 is 0 Å². The quantitative estimate of drug-likeness (QED) is 0.288. The highest BCUT2D eigenvalue weighted by molar-refractivity contribution is 5.87. The van der Waals surface area contributed by atoms with E-state index in [0.29, 0.717) is 43.7 Å². The number of carbonyl (C=O) groups excluding carboxylic acids is 2. The molecule has 3 saturated carbocycles. The first-order valence-corrected chi connectivity index (χ1v) is 13.5. The van der Waals surface area contributed by atoms with Crippen LogP contribution in [0.25, 0.3) is 0 Å². The van der Waals surface area contributed by atoms with Crippen molar-refractivity contribution in [3.05, 3.63) is 11.6 Å². The Hall–Kier alpha value is -1.20. The van der Waals surface area contributed by atoms with Crippen LogP contribution in [0.15, 0.2) is 11.6 Å². The van der Waals surface area contributed by atoms with Gasteiger partial charge >= 0.3 is 5.97 Å². The van der Waals surface area contributed by atoms with E-state index in [1.807, 2.05) is 0 Å². The fourth-order valence-electron chi connectivity index (χ4n) is 8.11. The molecule has 0 aromatic carbocycles. The number of fused-ring (bicyclic) bond motifs is 5. The normalized spacial score (nSPS) is 41.3. The maximum atomic E-state index is 12.9. The third kappa shape index (κ3) is 3.91. The fraction of sp³-hybridized carbons (Fsp3) is 0.857. The van der Waals surface area contributed by atoms with Crippen molar-refractivity contribution in [3.63, 3.8) is 0 Å². The average molecular weight is 459 g/mol. The zero-order valence-electron chi connectivity index (χ0n) is 20.8. The largest absolute Gasteiger partial charge is 0.458 e. The van der Waals surface area contributed by atoms with Gasteiger partial charge in [0.2, 0.25) is 0 Å². The minimum absolute atomic E-state index is 0.0717. The monoisotopic (exact) mass is 458 g/mol. The van der Waals surface area contributed by atoms with Gasteiger partial charge in [0.05, 0.1) is 13.2 Å². The molecule has 0 unspecified atom stereocenters. The summed E-state index contributed by atoms with van der Waals surface area (Å²) in [6.07, 6.45) is 13.2. The molecule has 0 aromatic rings. The van der Waals surface area contributed by atoms with E-state index in [4.69, 9.17) is 14.2 Å². The summed E-state index contributed by atoms with van der Waals surface area (Å²) < 4.78 is 18.4. The predicted molar refractivity (Wildman–Crippen MR) is 125 cm³/mol. The highest BCUT2D eigenvalue weighted by Crippen LogP contribution is 2.65. The van der Waals surface area contributed by atoms with Crippen LogP contribution in [0.2, 0.25) is 0 Å². The molecule has 184 valence electrons. The van der Waals surface area contributed by atoms with E-state index in [-0.39, 0.29) is 28.8 Å². The topological polar surface area (TPSA) is 61.8 Å². The van der Waals surface area contributed by atoms with E-state index in [1.165, 1.54) is 5.57 Å². The van der Waals surface area contributed by atoms with E-state index >= 15 is 0 Å². The molecule has 0 aromatic heterocycles. The molecule has 1 heterocycles. The van der Waals surface area contributed by atoms with Crippen molar-refractivity contribution in [2.75, 3.05) is 13.2 Å². The molecule has 4 aliphatic carbocycles. The van der Waals surface area contributed by atoms with Gasteiger partial charge in [-0.2, -0.15) is 0 Å². The van der Waals surface area contributed by atoms with Crippen molar-refractivity contribution in [1.82, 2.24) is 0 Å². The SMILES string of the molecule is CCCCCCC(=O)O[C@H]1C=C2CC3(CC[C@]2(C)[C@H]2CC[C@]4(C)C(=O)CC[C@H]4[C@H]12)OCCO3. The first-order valence-electron chi connectivity index (χ1n) is 13.5. The maximum Gasteiger partial charge on any atom is 0.306 e.